The Balaban J connectivity index is 2.23. The van der Waals surface area contributed by atoms with Crippen LogP contribution in [0.25, 0.3) is 0 Å². The van der Waals surface area contributed by atoms with Gasteiger partial charge in [0.05, 0.1) is 11.7 Å². The van der Waals surface area contributed by atoms with Crippen molar-refractivity contribution in [3.8, 4) is 0 Å². The fraction of sp³-hybridized carbons (Fsp3) is 0.636. The third-order valence-corrected chi connectivity index (χ3v) is 5.06. The monoisotopic (exact) mass is 287 g/mol. The molecule has 0 aliphatic heterocycles. The van der Waals surface area contributed by atoms with E-state index >= 15 is 0 Å². The molecule has 0 saturated heterocycles. The molecule has 2 rings (SSSR count). The van der Waals surface area contributed by atoms with Crippen molar-refractivity contribution < 1.29 is 18.3 Å². The van der Waals surface area contributed by atoms with Gasteiger partial charge in [-0.3, -0.25) is 4.79 Å². The van der Waals surface area contributed by atoms with Gasteiger partial charge in [-0.15, -0.1) is 0 Å². The van der Waals surface area contributed by atoms with Crippen molar-refractivity contribution in [2.45, 2.75) is 37.3 Å². The van der Waals surface area contributed by atoms with Crippen LogP contribution in [0.2, 0.25) is 0 Å². The smallest absolute Gasteiger partial charge is 0.310 e. The van der Waals surface area contributed by atoms with Crippen molar-refractivity contribution in [3.63, 3.8) is 0 Å². The zero-order chi connectivity index (χ0) is 14.3. The van der Waals surface area contributed by atoms with Crippen molar-refractivity contribution in [2.75, 3.05) is 0 Å². The summed E-state index contributed by atoms with van der Waals surface area (Å²) >= 11 is 0. The Morgan fingerprint density at radius 2 is 2.32 bits per heavy atom. The molecule has 0 spiro atoms. The summed E-state index contributed by atoms with van der Waals surface area (Å²) in [6.07, 6.45) is 4.46. The van der Waals surface area contributed by atoms with Gasteiger partial charge in [0.2, 0.25) is 0 Å². The van der Waals surface area contributed by atoms with E-state index in [1.54, 1.807) is 14.0 Å². The zero-order valence-corrected chi connectivity index (χ0v) is 11.6. The number of aromatic nitrogens is 2. The first kappa shape index (κ1) is 14.0. The second kappa shape index (κ2) is 4.61. The maximum absolute atomic E-state index is 12.1. The van der Waals surface area contributed by atoms with Crippen molar-refractivity contribution in [3.05, 3.63) is 12.5 Å². The third-order valence-electron chi connectivity index (χ3n) is 3.70. The van der Waals surface area contributed by atoms with E-state index in [0.717, 1.165) is 0 Å². The van der Waals surface area contributed by atoms with Crippen LogP contribution in [0.5, 0.6) is 0 Å². The highest BCUT2D eigenvalue weighted by Crippen LogP contribution is 2.38. The molecular weight excluding hydrogens is 270 g/mol. The highest BCUT2D eigenvalue weighted by Gasteiger charge is 2.47. The van der Waals surface area contributed by atoms with Gasteiger partial charge in [-0.25, -0.2) is 18.1 Å². The molecule has 0 radical (unpaired) electrons. The summed E-state index contributed by atoms with van der Waals surface area (Å²) in [7, 11) is -2.10. The van der Waals surface area contributed by atoms with Crippen LogP contribution in [-0.4, -0.2) is 35.1 Å². The van der Waals surface area contributed by atoms with E-state index < -0.39 is 27.4 Å². The fourth-order valence-electron chi connectivity index (χ4n) is 2.39. The summed E-state index contributed by atoms with van der Waals surface area (Å²) < 4.78 is 28.3. The lowest BCUT2D eigenvalue weighted by Crippen LogP contribution is -2.47. The Labute approximate surface area is 111 Å². The van der Waals surface area contributed by atoms with E-state index in [4.69, 9.17) is 0 Å². The van der Waals surface area contributed by atoms with Crippen LogP contribution in [0.1, 0.15) is 26.2 Å². The maximum Gasteiger partial charge on any atom is 0.310 e. The van der Waals surface area contributed by atoms with Crippen LogP contribution in [-0.2, 0) is 21.9 Å². The molecule has 1 aromatic rings. The number of aliphatic carboxylic acids is 1. The molecule has 1 heterocycles. The molecule has 1 aliphatic rings. The van der Waals surface area contributed by atoms with Crippen molar-refractivity contribution in [2.24, 2.45) is 12.5 Å². The number of hydrogen-bond acceptors (Lipinski definition) is 4. The third kappa shape index (κ3) is 2.50. The SMILES string of the molecule is Cn1cnc(S(=O)(=O)NC2CCCC2(C)C(=O)O)c1. The molecule has 106 valence electrons. The summed E-state index contributed by atoms with van der Waals surface area (Å²) in [4.78, 5) is 15.1. The van der Waals surface area contributed by atoms with Crippen LogP contribution in [0.15, 0.2) is 17.6 Å². The number of carboxylic acids is 1. The number of aryl methyl sites for hydroxylation is 1. The normalized spacial score (nSPS) is 27.6. The predicted molar refractivity (Wildman–Crippen MR) is 66.9 cm³/mol. The maximum atomic E-state index is 12.1. The Morgan fingerprint density at radius 3 is 2.84 bits per heavy atom. The lowest BCUT2D eigenvalue weighted by atomic mass is 9.85. The van der Waals surface area contributed by atoms with Gasteiger partial charge in [0.15, 0.2) is 5.03 Å². The number of imidazole rings is 1. The summed E-state index contributed by atoms with van der Waals surface area (Å²) in [5, 5.41) is 9.17. The van der Waals surface area contributed by atoms with Crippen LogP contribution >= 0.6 is 0 Å². The lowest BCUT2D eigenvalue weighted by molar-refractivity contribution is -0.148. The van der Waals surface area contributed by atoms with E-state index in [1.165, 1.54) is 17.1 Å². The second-order valence-electron chi connectivity index (χ2n) is 5.17. The summed E-state index contributed by atoms with van der Waals surface area (Å²) in [5.41, 5.74) is -1.05. The molecule has 1 aliphatic carbocycles. The molecule has 8 heteroatoms. The Hall–Kier alpha value is -1.41. The molecule has 1 aromatic heterocycles. The van der Waals surface area contributed by atoms with E-state index in [9.17, 15) is 18.3 Å². The molecule has 0 aromatic carbocycles. The van der Waals surface area contributed by atoms with Gasteiger partial charge >= 0.3 is 5.97 Å². The molecule has 7 nitrogen and oxygen atoms in total. The highest BCUT2D eigenvalue weighted by molar-refractivity contribution is 7.89. The fourth-order valence-corrected chi connectivity index (χ4v) is 3.75. The van der Waals surface area contributed by atoms with Crippen molar-refractivity contribution >= 4 is 16.0 Å². The van der Waals surface area contributed by atoms with E-state index in [2.05, 4.69) is 9.71 Å². The Morgan fingerprint density at radius 1 is 1.63 bits per heavy atom. The van der Waals surface area contributed by atoms with Gasteiger partial charge in [0, 0.05) is 19.3 Å². The number of nitrogens with one attached hydrogen (secondary N) is 1. The lowest BCUT2D eigenvalue weighted by Gasteiger charge is -2.27. The average molecular weight is 287 g/mol. The van der Waals surface area contributed by atoms with Crippen molar-refractivity contribution in [1.82, 2.24) is 14.3 Å². The molecule has 0 bridgehead atoms. The number of nitrogens with zero attached hydrogens (tertiary/aromatic N) is 2. The molecule has 1 saturated carbocycles. The van der Waals surface area contributed by atoms with E-state index in [1.807, 2.05) is 0 Å². The minimum atomic E-state index is -3.77. The minimum Gasteiger partial charge on any atom is -0.481 e. The molecule has 2 N–H and O–H groups in total. The van der Waals surface area contributed by atoms with Crippen LogP contribution in [0.4, 0.5) is 0 Å². The quantitative estimate of drug-likeness (QED) is 0.831. The largest absolute Gasteiger partial charge is 0.481 e. The Bertz CT molecular complexity index is 595. The number of sulfonamides is 1. The molecular formula is C11H17N3O4S. The topological polar surface area (TPSA) is 101 Å². The van der Waals surface area contributed by atoms with Crippen LogP contribution in [0, 0.1) is 5.41 Å². The first-order valence-electron chi connectivity index (χ1n) is 5.99. The van der Waals surface area contributed by atoms with Crippen molar-refractivity contribution in [1.29, 1.82) is 0 Å². The number of hydrogen-bond donors (Lipinski definition) is 2. The van der Waals surface area contributed by atoms with Gasteiger partial charge in [-0.1, -0.05) is 6.42 Å². The van der Waals surface area contributed by atoms with E-state index in [0.29, 0.717) is 19.3 Å². The average Bonchev–Trinajstić information content (AvgIpc) is 2.87. The molecule has 1 fully saturated rings. The van der Waals surface area contributed by atoms with Crippen LogP contribution < -0.4 is 4.72 Å². The molecule has 0 amide bonds. The summed E-state index contributed by atoms with van der Waals surface area (Å²) in [5.74, 6) is -0.973. The zero-order valence-electron chi connectivity index (χ0n) is 10.8. The van der Waals surface area contributed by atoms with Gasteiger partial charge < -0.3 is 9.67 Å². The minimum absolute atomic E-state index is 0.0883. The first-order valence-corrected chi connectivity index (χ1v) is 7.48. The van der Waals surface area contributed by atoms with Gasteiger partial charge in [0.25, 0.3) is 10.0 Å². The standard InChI is InChI=1S/C11H17N3O4S/c1-11(10(15)16)5-3-4-8(11)13-19(17,18)9-6-14(2)7-12-9/h6-8,13H,3-5H2,1-2H3,(H,15,16). The van der Waals surface area contributed by atoms with E-state index in [-0.39, 0.29) is 5.03 Å². The highest BCUT2D eigenvalue weighted by atomic mass is 32.2. The number of carboxylic acid groups (broad SMARTS) is 1. The van der Waals surface area contributed by atoms with Gasteiger partial charge in [0.1, 0.15) is 0 Å². The summed E-state index contributed by atoms with van der Waals surface area (Å²) in [6.45, 7) is 1.58. The summed E-state index contributed by atoms with van der Waals surface area (Å²) in [6, 6.07) is -0.600. The van der Waals surface area contributed by atoms with Gasteiger partial charge in [-0.05, 0) is 19.8 Å². The Kier molecular flexibility index (Phi) is 3.40. The molecule has 2 unspecified atom stereocenters. The van der Waals surface area contributed by atoms with Gasteiger partial charge in [-0.2, -0.15) is 0 Å². The second-order valence-corrected chi connectivity index (χ2v) is 6.83. The number of rotatable bonds is 4. The predicted octanol–water partition coefficient (Wildman–Crippen LogP) is 0.342. The number of carbonyl (C=O) groups is 1. The molecule has 2 atom stereocenters. The van der Waals surface area contributed by atoms with Crippen LogP contribution in [0.3, 0.4) is 0 Å². The first-order chi connectivity index (χ1) is 8.75. The molecule has 19 heavy (non-hydrogen) atoms.